The monoisotopic (exact) mass is 254 g/mol. The van der Waals surface area contributed by atoms with Crippen molar-refractivity contribution in [2.75, 3.05) is 32.8 Å². The minimum absolute atomic E-state index is 0.357. The third-order valence-electron chi connectivity index (χ3n) is 4.37. The fraction of sp³-hybridized carbons (Fsp3) is 1.00. The molecule has 0 bridgehead atoms. The number of nitrogens with zero attached hydrogens (tertiary/aromatic N) is 1. The van der Waals surface area contributed by atoms with Gasteiger partial charge in [0, 0.05) is 12.6 Å². The highest BCUT2D eigenvalue weighted by Crippen LogP contribution is 2.30. The van der Waals surface area contributed by atoms with Crippen LogP contribution in [0.25, 0.3) is 0 Å². The minimum atomic E-state index is 0.357. The van der Waals surface area contributed by atoms with E-state index in [4.69, 9.17) is 4.74 Å². The van der Waals surface area contributed by atoms with Gasteiger partial charge in [-0.3, -0.25) is 0 Å². The highest BCUT2D eigenvalue weighted by Gasteiger charge is 2.32. The van der Waals surface area contributed by atoms with Crippen molar-refractivity contribution in [2.24, 2.45) is 5.92 Å². The fourth-order valence-electron chi connectivity index (χ4n) is 3.47. The minimum Gasteiger partial charge on any atom is -0.377 e. The van der Waals surface area contributed by atoms with Crippen LogP contribution in [-0.2, 0) is 4.74 Å². The Kier molecular flexibility index (Phi) is 5.93. The van der Waals surface area contributed by atoms with E-state index in [1.807, 2.05) is 0 Å². The highest BCUT2D eigenvalue weighted by atomic mass is 16.5. The Labute approximate surface area is 112 Å². The molecule has 2 aliphatic rings. The fourth-order valence-corrected chi connectivity index (χ4v) is 3.47. The molecule has 0 saturated carbocycles. The van der Waals surface area contributed by atoms with Gasteiger partial charge in [0.1, 0.15) is 0 Å². The first-order valence-corrected chi connectivity index (χ1v) is 7.83. The van der Waals surface area contributed by atoms with Crippen molar-refractivity contribution in [1.82, 2.24) is 10.2 Å². The second-order valence-electron chi connectivity index (χ2n) is 6.13. The number of hydrogen-bond acceptors (Lipinski definition) is 3. The summed E-state index contributed by atoms with van der Waals surface area (Å²) in [5, 5.41) is 3.59. The Hall–Kier alpha value is -0.120. The number of nitrogens with one attached hydrogen (secondary N) is 1. The van der Waals surface area contributed by atoms with Crippen LogP contribution in [0.4, 0.5) is 0 Å². The molecular formula is C15H30N2O. The predicted molar refractivity (Wildman–Crippen MR) is 75.9 cm³/mol. The Balaban J connectivity index is 1.65. The second-order valence-corrected chi connectivity index (χ2v) is 6.13. The van der Waals surface area contributed by atoms with Crippen molar-refractivity contribution < 1.29 is 4.74 Å². The molecule has 0 radical (unpaired) electrons. The zero-order chi connectivity index (χ0) is 12.8. The van der Waals surface area contributed by atoms with Gasteiger partial charge in [-0.2, -0.15) is 0 Å². The molecular weight excluding hydrogens is 224 g/mol. The van der Waals surface area contributed by atoms with E-state index in [1.54, 1.807) is 0 Å². The molecule has 0 aromatic heterocycles. The Morgan fingerprint density at radius 2 is 2.00 bits per heavy atom. The van der Waals surface area contributed by atoms with E-state index >= 15 is 0 Å². The smallest absolute Gasteiger partial charge is 0.0594 e. The lowest BCUT2D eigenvalue weighted by molar-refractivity contribution is 0.0545. The molecule has 18 heavy (non-hydrogen) atoms. The first-order valence-electron chi connectivity index (χ1n) is 7.83. The quantitative estimate of drug-likeness (QED) is 0.736. The van der Waals surface area contributed by atoms with Crippen LogP contribution in [0.15, 0.2) is 0 Å². The maximum Gasteiger partial charge on any atom is 0.0594 e. The first-order chi connectivity index (χ1) is 8.77. The number of piperidine rings is 2. The number of fused-ring (bicyclic) bond motifs is 1. The largest absolute Gasteiger partial charge is 0.377 e. The van der Waals surface area contributed by atoms with Crippen LogP contribution >= 0.6 is 0 Å². The van der Waals surface area contributed by atoms with Crippen LogP contribution in [-0.4, -0.2) is 49.8 Å². The zero-order valence-corrected chi connectivity index (χ0v) is 12.2. The van der Waals surface area contributed by atoms with Crippen molar-refractivity contribution in [3.05, 3.63) is 0 Å². The summed E-state index contributed by atoms with van der Waals surface area (Å²) in [5.41, 5.74) is 0. The maximum atomic E-state index is 5.56. The first kappa shape index (κ1) is 14.3. The molecule has 0 unspecified atom stereocenters. The molecule has 0 aromatic rings. The number of ether oxygens (including phenoxy) is 1. The van der Waals surface area contributed by atoms with E-state index < -0.39 is 0 Å². The second kappa shape index (κ2) is 7.46. The van der Waals surface area contributed by atoms with Crippen LogP contribution in [0.5, 0.6) is 0 Å². The van der Waals surface area contributed by atoms with Crippen molar-refractivity contribution >= 4 is 0 Å². The standard InChI is InChI=1S/C15H30N2O/c1-13(2)18-11-8-16-12-14-6-5-10-17-9-4-3-7-15(14)17/h13-16H,3-12H2,1-2H3/t14-,15+/m0/s1. The molecule has 1 N–H and O–H groups in total. The molecule has 3 heteroatoms. The Bertz CT molecular complexity index is 231. The maximum absolute atomic E-state index is 5.56. The third-order valence-corrected chi connectivity index (χ3v) is 4.37. The molecule has 2 rings (SSSR count). The van der Waals surface area contributed by atoms with E-state index in [-0.39, 0.29) is 0 Å². The predicted octanol–water partition coefficient (Wildman–Crippen LogP) is 2.27. The Morgan fingerprint density at radius 1 is 1.17 bits per heavy atom. The van der Waals surface area contributed by atoms with Crippen molar-refractivity contribution in [2.45, 2.75) is 58.1 Å². The molecule has 106 valence electrons. The van der Waals surface area contributed by atoms with E-state index in [2.05, 4.69) is 24.1 Å². The van der Waals surface area contributed by atoms with Gasteiger partial charge in [-0.15, -0.1) is 0 Å². The summed E-state index contributed by atoms with van der Waals surface area (Å²) in [5.74, 6) is 0.873. The highest BCUT2D eigenvalue weighted by molar-refractivity contribution is 4.87. The normalized spacial score (nSPS) is 29.5. The topological polar surface area (TPSA) is 24.5 Å². The summed E-state index contributed by atoms with van der Waals surface area (Å²) in [4.78, 5) is 2.74. The summed E-state index contributed by atoms with van der Waals surface area (Å²) in [6, 6.07) is 0.867. The van der Waals surface area contributed by atoms with Crippen LogP contribution < -0.4 is 5.32 Å². The van der Waals surface area contributed by atoms with Crippen LogP contribution in [0.3, 0.4) is 0 Å². The van der Waals surface area contributed by atoms with Gasteiger partial charge >= 0.3 is 0 Å². The lowest BCUT2D eigenvalue weighted by Gasteiger charge is -2.44. The summed E-state index contributed by atoms with van der Waals surface area (Å²) in [6.45, 7) is 9.92. The van der Waals surface area contributed by atoms with Crippen molar-refractivity contribution in [3.8, 4) is 0 Å². The van der Waals surface area contributed by atoms with Gasteiger partial charge in [-0.1, -0.05) is 6.42 Å². The van der Waals surface area contributed by atoms with E-state index in [1.165, 1.54) is 51.7 Å². The van der Waals surface area contributed by atoms with Crippen LogP contribution in [0, 0.1) is 5.92 Å². The van der Waals surface area contributed by atoms with Gasteiger partial charge < -0.3 is 15.0 Å². The number of rotatable bonds is 6. The molecule has 0 spiro atoms. The molecule has 0 amide bonds. The molecule has 0 aromatic carbocycles. The van der Waals surface area contributed by atoms with Crippen LogP contribution in [0.1, 0.15) is 46.0 Å². The van der Waals surface area contributed by atoms with Gasteiger partial charge in [-0.25, -0.2) is 0 Å². The third kappa shape index (κ3) is 4.22. The van der Waals surface area contributed by atoms with Gasteiger partial charge in [0.05, 0.1) is 12.7 Å². The molecule has 0 aliphatic carbocycles. The van der Waals surface area contributed by atoms with Gasteiger partial charge in [-0.05, 0) is 65.1 Å². The Morgan fingerprint density at radius 3 is 2.83 bits per heavy atom. The van der Waals surface area contributed by atoms with Crippen molar-refractivity contribution in [3.63, 3.8) is 0 Å². The molecule has 2 heterocycles. The molecule has 3 nitrogen and oxygen atoms in total. The molecule has 2 atom stereocenters. The zero-order valence-electron chi connectivity index (χ0n) is 12.2. The van der Waals surface area contributed by atoms with E-state index in [0.29, 0.717) is 6.10 Å². The molecule has 2 saturated heterocycles. The van der Waals surface area contributed by atoms with Crippen LogP contribution in [0.2, 0.25) is 0 Å². The van der Waals surface area contributed by atoms with Gasteiger partial charge in [0.25, 0.3) is 0 Å². The van der Waals surface area contributed by atoms with Gasteiger partial charge in [0.2, 0.25) is 0 Å². The molecule has 2 fully saturated rings. The number of hydrogen-bond donors (Lipinski definition) is 1. The van der Waals surface area contributed by atoms with E-state index in [9.17, 15) is 0 Å². The summed E-state index contributed by atoms with van der Waals surface area (Å²) in [7, 11) is 0. The summed E-state index contributed by atoms with van der Waals surface area (Å²) in [6.07, 6.45) is 7.45. The lowest BCUT2D eigenvalue weighted by Crippen LogP contribution is -2.50. The van der Waals surface area contributed by atoms with E-state index in [0.717, 1.165) is 25.1 Å². The summed E-state index contributed by atoms with van der Waals surface area (Å²) >= 11 is 0. The average Bonchev–Trinajstić information content (AvgIpc) is 2.38. The average molecular weight is 254 g/mol. The summed E-state index contributed by atoms with van der Waals surface area (Å²) < 4.78 is 5.56. The van der Waals surface area contributed by atoms with Crippen molar-refractivity contribution in [1.29, 1.82) is 0 Å². The SMILES string of the molecule is CC(C)OCCNC[C@@H]1CCCN2CCCC[C@H]12. The lowest BCUT2D eigenvalue weighted by atomic mass is 9.83. The van der Waals surface area contributed by atoms with Gasteiger partial charge in [0.15, 0.2) is 0 Å². The molecule has 2 aliphatic heterocycles.